The van der Waals surface area contributed by atoms with E-state index < -0.39 is 10.8 Å². The zero-order valence-electron chi connectivity index (χ0n) is 11.5. The second-order valence-electron chi connectivity index (χ2n) is 4.49. The van der Waals surface area contributed by atoms with E-state index in [9.17, 15) is 14.9 Å². The van der Waals surface area contributed by atoms with Crippen LogP contribution in [-0.4, -0.2) is 26.0 Å². The molecule has 0 saturated carbocycles. The number of para-hydroxylation sites is 1. The Morgan fingerprint density at radius 3 is 2.95 bits per heavy atom. The molecular weight excluding hydrogens is 306 g/mol. The number of H-pyrrole nitrogens is 1. The molecule has 2 heterocycles. The van der Waals surface area contributed by atoms with Gasteiger partial charge in [-0.3, -0.25) is 20.2 Å². The average Bonchev–Trinajstić information content (AvgIpc) is 3.12. The van der Waals surface area contributed by atoms with Gasteiger partial charge >= 0.3 is 0 Å². The van der Waals surface area contributed by atoms with Gasteiger partial charge in [0.1, 0.15) is 16.2 Å². The number of fused-ring (bicyclic) bond motifs is 1. The van der Waals surface area contributed by atoms with Crippen molar-refractivity contribution in [1.29, 1.82) is 0 Å². The number of nitrogens with one attached hydrogen (secondary N) is 2. The van der Waals surface area contributed by atoms with Gasteiger partial charge in [-0.25, -0.2) is 0 Å². The first kappa shape index (κ1) is 14.1. The van der Waals surface area contributed by atoms with E-state index in [2.05, 4.69) is 20.5 Å². The largest absolute Gasteiger partial charge is 0.345 e. The summed E-state index contributed by atoms with van der Waals surface area (Å²) in [5.41, 5.74) is 0.488. The van der Waals surface area contributed by atoms with Crippen LogP contribution in [0.2, 0.25) is 0 Å². The summed E-state index contributed by atoms with van der Waals surface area (Å²) >= 11 is 1.29. The van der Waals surface area contributed by atoms with Crippen molar-refractivity contribution in [3.8, 4) is 0 Å². The summed E-state index contributed by atoms with van der Waals surface area (Å²) in [7, 11) is 0. The third-order valence-corrected chi connectivity index (χ3v) is 4.05. The van der Waals surface area contributed by atoms with E-state index in [1.165, 1.54) is 17.4 Å². The van der Waals surface area contributed by atoms with Gasteiger partial charge in [0, 0.05) is 11.5 Å². The molecule has 0 unspecified atom stereocenters. The zero-order chi connectivity index (χ0) is 15.7. The molecule has 3 aromatic rings. The van der Waals surface area contributed by atoms with Crippen LogP contribution in [0.1, 0.15) is 22.4 Å². The highest BCUT2D eigenvalue weighted by molar-refractivity contribution is 7.15. The highest BCUT2D eigenvalue weighted by Crippen LogP contribution is 2.26. The van der Waals surface area contributed by atoms with Crippen LogP contribution < -0.4 is 5.32 Å². The third kappa shape index (κ3) is 2.53. The van der Waals surface area contributed by atoms with Gasteiger partial charge in [0.05, 0.1) is 4.92 Å². The van der Waals surface area contributed by atoms with E-state index in [1.807, 2.05) is 6.92 Å². The summed E-state index contributed by atoms with van der Waals surface area (Å²) < 4.78 is 0. The molecule has 0 fully saturated rings. The Bertz CT molecular complexity index is 870. The maximum Gasteiger partial charge on any atom is 0.293 e. The summed E-state index contributed by atoms with van der Waals surface area (Å²) in [6.07, 6.45) is 0.742. The van der Waals surface area contributed by atoms with E-state index in [4.69, 9.17) is 0 Å². The van der Waals surface area contributed by atoms with Crippen LogP contribution in [0, 0.1) is 10.1 Å². The molecule has 0 aliphatic carbocycles. The Morgan fingerprint density at radius 2 is 2.27 bits per heavy atom. The Kier molecular flexibility index (Phi) is 3.55. The number of nitro benzene ring substituents is 1. The molecule has 0 atom stereocenters. The van der Waals surface area contributed by atoms with Gasteiger partial charge in [0.15, 0.2) is 0 Å². The lowest BCUT2D eigenvalue weighted by molar-refractivity contribution is -0.383. The van der Waals surface area contributed by atoms with Crippen molar-refractivity contribution in [2.24, 2.45) is 0 Å². The van der Waals surface area contributed by atoms with Gasteiger partial charge < -0.3 is 4.98 Å². The number of rotatable bonds is 4. The minimum atomic E-state index is -0.487. The Balaban J connectivity index is 1.91. The first-order valence-corrected chi connectivity index (χ1v) is 7.30. The molecule has 2 aromatic heterocycles. The number of hydrogen-bond donors (Lipinski definition) is 2. The van der Waals surface area contributed by atoms with Crippen LogP contribution >= 0.6 is 11.3 Å². The number of nitrogens with zero attached hydrogens (tertiary/aromatic N) is 3. The summed E-state index contributed by atoms with van der Waals surface area (Å²) in [6.45, 7) is 1.95. The molecule has 112 valence electrons. The van der Waals surface area contributed by atoms with Crippen LogP contribution in [0.4, 0.5) is 10.8 Å². The SMILES string of the molecule is CCc1nnc(NC(=O)c2cc3cccc([N+](=O)[O-])c3[nH]2)s1. The average molecular weight is 317 g/mol. The lowest BCUT2D eigenvalue weighted by Gasteiger charge is -1.97. The van der Waals surface area contributed by atoms with Gasteiger partial charge in [0.25, 0.3) is 11.6 Å². The monoisotopic (exact) mass is 317 g/mol. The highest BCUT2D eigenvalue weighted by atomic mass is 32.1. The molecule has 0 aliphatic rings. The lowest BCUT2D eigenvalue weighted by Crippen LogP contribution is -2.11. The number of nitro groups is 1. The first-order valence-electron chi connectivity index (χ1n) is 6.48. The van der Waals surface area contributed by atoms with Crippen LogP contribution in [0.25, 0.3) is 10.9 Å². The standard InChI is InChI=1S/C13H11N5O3S/c1-2-10-16-17-13(22-10)15-12(19)8-6-7-4-3-5-9(18(20)21)11(7)14-8/h3-6,14H,2H2,1H3,(H,15,17,19). The number of aromatic nitrogens is 3. The normalized spacial score (nSPS) is 10.8. The van der Waals surface area contributed by atoms with E-state index in [0.717, 1.165) is 11.4 Å². The first-order chi connectivity index (χ1) is 10.6. The molecule has 0 aliphatic heterocycles. The number of carbonyl (C=O) groups is 1. The fraction of sp³-hybridized carbons (Fsp3) is 0.154. The van der Waals surface area contributed by atoms with Crippen molar-refractivity contribution in [3.63, 3.8) is 0 Å². The second kappa shape index (κ2) is 5.53. The maximum atomic E-state index is 12.2. The van der Waals surface area contributed by atoms with Gasteiger partial charge in [-0.15, -0.1) is 10.2 Å². The smallest absolute Gasteiger partial charge is 0.293 e. The minimum Gasteiger partial charge on any atom is -0.345 e. The van der Waals surface area contributed by atoms with Crippen molar-refractivity contribution in [1.82, 2.24) is 15.2 Å². The molecule has 22 heavy (non-hydrogen) atoms. The minimum absolute atomic E-state index is 0.0688. The molecular formula is C13H11N5O3S. The van der Waals surface area contributed by atoms with Crippen molar-refractivity contribution in [3.05, 3.63) is 45.1 Å². The van der Waals surface area contributed by atoms with Crippen molar-refractivity contribution >= 4 is 39.0 Å². The van der Waals surface area contributed by atoms with Crippen LogP contribution in [0.15, 0.2) is 24.3 Å². The van der Waals surface area contributed by atoms with Gasteiger partial charge in [-0.2, -0.15) is 0 Å². The van der Waals surface area contributed by atoms with E-state index in [1.54, 1.807) is 18.2 Å². The molecule has 3 rings (SSSR count). The summed E-state index contributed by atoms with van der Waals surface area (Å²) in [6, 6.07) is 6.24. The number of carbonyl (C=O) groups excluding carboxylic acids is 1. The lowest BCUT2D eigenvalue weighted by atomic mass is 10.2. The Labute approximate surface area is 128 Å². The number of amides is 1. The zero-order valence-corrected chi connectivity index (χ0v) is 12.3. The Morgan fingerprint density at radius 1 is 1.45 bits per heavy atom. The van der Waals surface area contributed by atoms with Crippen molar-refractivity contribution in [2.45, 2.75) is 13.3 Å². The summed E-state index contributed by atoms with van der Waals surface area (Å²) in [5, 5.41) is 23.2. The predicted octanol–water partition coefficient (Wildman–Crippen LogP) is 2.74. The van der Waals surface area contributed by atoms with Gasteiger partial charge in [-0.1, -0.05) is 30.4 Å². The number of hydrogen-bond acceptors (Lipinski definition) is 6. The molecule has 9 heteroatoms. The number of anilines is 1. The van der Waals surface area contributed by atoms with Crippen molar-refractivity contribution in [2.75, 3.05) is 5.32 Å². The molecule has 0 spiro atoms. The summed E-state index contributed by atoms with van der Waals surface area (Å²) in [4.78, 5) is 25.5. The van der Waals surface area contributed by atoms with E-state index in [0.29, 0.717) is 16.0 Å². The van der Waals surface area contributed by atoms with E-state index >= 15 is 0 Å². The number of benzene rings is 1. The topological polar surface area (TPSA) is 114 Å². The molecule has 0 saturated heterocycles. The quantitative estimate of drug-likeness (QED) is 0.567. The highest BCUT2D eigenvalue weighted by Gasteiger charge is 2.17. The fourth-order valence-electron chi connectivity index (χ4n) is 2.03. The molecule has 0 bridgehead atoms. The van der Waals surface area contributed by atoms with Crippen LogP contribution in [0.3, 0.4) is 0 Å². The third-order valence-electron chi connectivity index (χ3n) is 3.07. The van der Waals surface area contributed by atoms with Crippen molar-refractivity contribution < 1.29 is 9.72 Å². The predicted molar refractivity (Wildman–Crippen MR) is 82.2 cm³/mol. The molecule has 0 radical (unpaired) electrons. The number of non-ortho nitro benzene ring substituents is 1. The number of aromatic amines is 1. The molecule has 8 nitrogen and oxygen atoms in total. The molecule has 2 N–H and O–H groups in total. The Hall–Kier alpha value is -2.81. The van der Waals surface area contributed by atoms with Crippen LogP contribution in [0.5, 0.6) is 0 Å². The number of aryl methyl sites for hydroxylation is 1. The summed E-state index contributed by atoms with van der Waals surface area (Å²) in [5.74, 6) is -0.413. The fourth-order valence-corrected chi connectivity index (χ4v) is 2.70. The molecule has 1 amide bonds. The maximum absolute atomic E-state index is 12.2. The molecule has 1 aromatic carbocycles. The van der Waals surface area contributed by atoms with E-state index in [-0.39, 0.29) is 11.4 Å². The second-order valence-corrected chi connectivity index (χ2v) is 5.55. The van der Waals surface area contributed by atoms with Gasteiger partial charge in [0.2, 0.25) is 5.13 Å². The van der Waals surface area contributed by atoms with Crippen LogP contribution in [-0.2, 0) is 6.42 Å². The van der Waals surface area contributed by atoms with Gasteiger partial charge in [-0.05, 0) is 12.5 Å².